The highest BCUT2D eigenvalue weighted by atomic mass is 16.6. The standard InChI is InChI=1S/C10H6N6O2/c11-15-12-6-2-4-8-7-3-1-5-9(16(17)18)10(7)14-13-8/h1,3,5H,6H2,(H,13,14). The van der Waals surface area contributed by atoms with Crippen LogP contribution in [-0.2, 0) is 0 Å². The van der Waals surface area contributed by atoms with Crippen LogP contribution < -0.4 is 0 Å². The molecule has 0 amide bonds. The van der Waals surface area contributed by atoms with Crippen LogP contribution in [0.4, 0.5) is 5.69 Å². The van der Waals surface area contributed by atoms with Crippen molar-refractivity contribution in [3.63, 3.8) is 0 Å². The summed E-state index contributed by atoms with van der Waals surface area (Å²) in [6.07, 6.45) is 0. The molecule has 18 heavy (non-hydrogen) atoms. The number of azide groups is 1. The Balaban J connectivity index is 2.48. The van der Waals surface area contributed by atoms with Gasteiger partial charge in [0.1, 0.15) is 5.69 Å². The van der Waals surface area contributed by atoms with Gasteiger partial charge in [-0.3, -0.25) is 15.2 Å². The molecular formula is C10H6N6O2. The SMILES string of the molecule is [N-]=[N+]=NCC#Cc1[nH]nc2c([N+](=O)[O-])cccc12. The van der Waals surface area contributed by atoms with Crippen molar-refractivity contribution in [2.45, 2.75) is 0 Å². The minimum absolute atomic E-state index is 0.0337. The zero-order valence-corrected chi connectivity index (χ0v) is 8.99. The number of nitro benzene ring substituents is 1. The smallest absolute Gasteiger partial charge is 0.268 e. The monoisotopic (exact) mass is 242 g/mol. The van der Waals surface area contributed by atoms with Crippen molar-refractivity contribution in [1.29, 1.82) is 0 Å². The molecule has 0 atom stereocenters. The number of hydrogen-bond donors (Lipinski definition) is 1. The average Bonchev–Trinajstić information content (AvgIpc) is 2.77. The first kappa shape index (κ1) is 11.4. The van der Waals surface area contributed by atoms with Crippen LogP contribution >= 0.6 is 0 Å². The third kappa shape index (κ3) is 2.07. The Morgan fingerprint density at radius 2 is 2.44 bits per heavy atom. The van der Waals surface area contributed by atoms with Gasteiger partial charge < -0.3 is 0 Å². The minimum atomic E-state index is -0.500. The van der Waals surface area contributed by atoms with E-state index in [0.717, 1.165) is 0 Å². The number of fused-ring (bicyclic) bond motifs is 1. The highest BCUT2D eigenvalue weighted by Gasteiger charge is 2.15. The lowest BCUT2D eigenvalue weighted by Gasteiger charge is -1.91. The van der Waals surface area contributed by atoms with E-state index < -0.39 is 4.92 Å². The Morgan fingerprint density at radius 1 is 1.61 bits per heavy atom. The Kier molecular flexibility index (Phi) is 3.09. The predicted molar refractivity (Wildman–Crippen MR) is 63.6 cm³/mol. The molecule has 1 N–H and O–H groups in total. The third-order valence-corrected chi connectivity index (χ3v) is 2.19. The first-order valence-electron chi connectivity index (χ1n) is 4.85. The Hall–Kier alpha value is -3.04. The first-order chi connectivity index (χ1) is 8.74. The van der Waals surface area contributed by atoms with Gasteiger partial charge in [0.05, 0.1) is 11.5 Å². The van der Waals surface area contributed by atoms with Crippen LogP contribution in [0.15, 0.2) is 23.3 Å². The second-order valence-electron chi connectivity index (χ2n) is 3.22. The molecule has 1 aromatic carbocycles. The number of para-hydroxylation sites is 1. The summed E-state index contributed by atoms with van der Waals surface area (Å²) in [4.78, 5) is 12.8. The summed E-state index contributed by atoms with van der Waals surface area (Å²) in [6.45, 7) is 0.0337. The van der Waals surface area contributed by atoms with Gasteiger partial charge in [0, 0.05) is 16.4 Å². The summed E-state index contributed by atoms with van der Waals surface area (Å²) in [5, 5.41) is 21.1. The van der Waals surface area contributed by atoms with Crippen LogP contribution in [0.1, 0.15) is 5.69 Å². The Labute approximate surface area is 100 Å². The van der Waals surface area contributed by atoms with Crippen LogP contribution in [0.3, 0.4) is 0 Å². The molecule has 0 radical (unpaired) electrons. The second-order valence-corrected chi connectivity index (χ2v) is 3.22. The van der Waals surface area contributed by atoms with Crippen molar-refractivity contribution in [3.05, 3.63) is 44.5 Å². The van der Waals surface area contributed by atoms with Crippen molar-refractivity contribution in [2.75, 3.05) is 6.54 Å². The van der Waals surface area contributed by atoms with E-state index in [0.29, 0.717) is 11.1 Å². The Bertz CT molecular complexity index is 717. The molecule has 0 aliphatic rings. The number of H-pyrrole nitrogens is 1. The van der Waals surface area contributed by atoms with Gasteiger partial charge in [-0.05, 0) is 17.5 Å². The van der Waals surface area contributed by atoms with Gasteiger partial charge in [-0.25, -0.2) is 0 Å². The fraction of sp³-hybridized carbons (Fsp3) is 0.100. The Morgan fingerprint density at radius 3 is 3.17 bits per heavy atom. The number of nitrogens with one attached hydrogen (secondary N) is 1. The van der Waals surface area contributed by atoms with Crippen molar-refractivity contribution >= 4 is 16.6 Å². The maximum absolute atomic E-state index is 10.8. The molecule has 0 fully saturated rings. The molecule has 2 rings (SSSR count). The van der Waals surface area contributed by atoms with Crippen LogP contribution in [0.5, 0.6) is 0 Å². The summed E-state index contributed by atoms with van der Waals surface area (Å²) in [5.41, 5.74) is 8.73. The van der Waals surface area contributed by atoms with Crippen molar-refractivity contribution in [3.8, 4) is 11.8 Å². The number of benzene rings is 1. The molecule has 1 heterocycles. The van der Waals surface area contributed by atoms with E-state index in [1.165, 1.54) is 6.07 Å². The molecule has 8 nitrogen and oxygen atoms in total. The fourth-order valence-electron chi connectivity index (χ4n) is 1.46. The van der Waals surface area contributed by atoms with E-state index in [-0.39, 0.29) is 17.7 Å². The summed E-state index contributed by atoms with van der Waals surface area (Å²) in [7, 11) is 0. The van der Waals surface area contributed by atoms with E-state index in [2.05, 4.69) is 32.1 Å². The fourth-order valence-corrected chi connectivity index (χ4v) is 1.46. The van der Waals surface area contributed by atoms with E-state index in [9.17, 15) is 10.1 Å². The molecule has 0 spiro atoms. The van der Waals surface area contributed by atoms with Gasteiger partial charge in [-0.2, -0.15) is 5.10 Å². The van der Waals surface area contributed by atoms with Crippen LogP contribution in [0.25, 0.3) is 21.3 Å². The quantitative estimate of drug-likeness (QED) is 0.217. The number of rotatable bonds is 2. The van der Waals surface area contributed by atoms with E-state index in [4.69, 9.17) is 5.53 Å². The first-order valence-corrected chi connectivity index (χ1v) is 4.85. The summed E-state index contributed by atoms with van der Waals surface area (Å²) < 4.78 is 0. The highest BCUT2D eigenvalue weighted by molar-refractivity contribution is 5.90. The van der Waals surface area contributed by atoms with Gasteiger partial charge in [0.2, 0.25) is 0 Å². The molecule has 8 heteroatoms. The molecule has 0 saturated heterocycles. The molecular weight excluding hydrogens is 236 g/mol. The number of aromatic amines is 1. The van der Waals surface area contributed by atoms with Gasteiger partial charge in [-0.15, -0.1) is 0 Å². The van der Waals surface area contributed by atoms with E-state index >= 15 is 0 Å². The number of aromatic nitrogens is 2. The maximum atomic E-state index is 10.8. The van der Waals surface area contributed by atoms with E-state index in [1.807, 2.05) is 0 Å². The van der Waals surface area contributed by atoms with Crippen molar-refractivity contribution in [2.24, 2.45) is 5.11 Å². The van der Waals surface area contributed by atoms with Crippen LogP contribution in [-0.4, -0.2) is 21.7 Å². The summed E-state index contributed by atoms with van der Waals surface area (Å²) >= 11 is 0. The molecule has 0 bridgehead atoms. The molecule has 88 valence electrons. The topological polar surface area (TPSA) is 121 Å². The number of hydrogen-bond acceptors (Lipinski definition) is 4. The number of non-ortho nitro benzene ring substituents is 1. The zero-order chi connectivity index (χ0) is 13.0. The summed E-state index contributed by atoms with van der Waals surface area (Å²) in [6, 6.07) is 4.62. The molecule has 1 aromatic heterocycles. The predicted octanol–water partition coefficient (Wildman–Crippen LogP) is 2.13. The molecule has 0 aliphatic heterocycles. The minimum Gasteiger partial charge on any atom is -0.268 e. The normalized spacial score (nSPS) is 9.33. The lowest BCUT2D eigenvalue weighted by molar-refractivity contribution is -0.383. The van der Waals surface area contributed by atoms with Gasteiger partial charge in [-0.1, -0.05) is 17.1 Å². The number of nitro groups is 1. The third-order valence-electron chi connectivity index (χ3n) is 2.19. The van der Waals surface area contributed by atoms with Crippen LogP contribution in [0.2, 0.25) is 0 Å². The van der Waals surface area contributed by atoms with Crippen molar-refractivity contribution < 1.29 is 4.92 Å². The van der Waals surface area contributed by atoms with Crippen LogP contribution in [0, 0.1) is 22.0 Å². The molecule has 0 saturated carbocycles. The zero-order valence-electron chi connectivity index (χ0n) is 8.99. The highest BCUT2D eigenvalue weighted by Crippen LogP contribution is 2.24. The largest absolute Gasteiger partial charge is 0.297 e. The van der Waals surface area contributed by atoms with E-state index in [1.54, 1.807) is 12.1 Å². The number of nitrogens with zero attached hydrogens (tertiary/aromatic N) is 5. The molecule has 2 aromatic rings. The van der Waals surface area contributed by atoms with Gasteiger partial charge in [0.15, 0.2) is 5.52 Å². The second kappa shape index (κ2) is 4.86. The lowest BCUT2D eigenvalue weighted by atomic mass is 10.2. The van der Waals surface area contributed by atoms with Gasteiger partial charge >= 0.3 is 0 Å². The van der Waals surface area contributed by atoms with Crippen molar-refractivity contribution in [1.82, 2.24) is 10.2 Å². The average molecular weight is 242 g/mol. The summed E-state index contributed by atoms with van der Waals surface area (Å²) in [5.74, 6) is 5.33. The molecule has 0 aliphatic carbocycles. The van der Waals surface area contributed by atoms with Gasteiger partial charge in [0.25, 0.3) is 5.69 Å². The lowest BCUT2D eigenvalue weighted by Crippen LogP contribution is -1.88. The maximum Gasteiger partial charge on any atom is 0.297 e. The molecule has 0 unspecified atom stereocenters.